The molecule has 0 N–H and O–H groups in total. The standard InChI is InChI=1S/C13H10ClNO2S/c1-9(12-6-3-7-18-12)15-17-13(16)10-4-2-5-11(14)8-10/h2-8H,1H3/b15-9-. The van der Waals surface area contributed by atoms with E-state index < -0.39 is 5.97 Å². The first-order chi connectivity index (χ1) is 8.66. The Kier molecular flexibility index (Phi) is 4.12. The van der Waals surface area contributed by atoms with Crippen LogP contribution in [0.5, 0.6) is 0 Å². The highest BCUT2D eigenvalue weighted by molar-refractivity contribution is 7.12. The van der Waals surface area contributed by atoms with Gasteiger partial charge in [0.15, 0.2) is 0 Å². The van der Waals surface area contributed by atoms with Gasteiger partial charge in [-0.15, -0.1) is 11.3 Å². The van der Waals surface area contributed by atoms with Gasteiger partial charge in [-0.25, -0.2) is 4.79 Å². The minimum atomic E-state index is -0.520. The van der Waals surface area contributed by atoms with Crippen LogP contribution in [-0.4, -0.2) is 11.7 Å². The minimum absolute atomic E-state index is 0.380. The molecule has 0 unspecified atom stereocenters. The molecule has 5 heteroatoms. The largest absolute Gasteiger partial charge is 0.365 e. The summed E-state index contributed by atoms with van der Waals surface area (Å²) in [7, 11) is 0. The maximum atomic E-state index is 11.7. The topological polar surface area (TPSA) is 38.7 Å². The predicted octanol–water partition coefficient (Wildman–Crippen LogP) is 3.98. The van der Waals surface area contributed by atoms with E-state index in [2.05, 4.69) is 5.16 Å². The van der Waals surface area contributed by atoms with Crippen molar-refractivity contribution in [2.75, 3.05) is 0 Å². The van der Waals surface area contributed by atoms with Crippen molar-refractivity contribution in [2.24, 2.45) is 5.16 Å². The van der Waals surface area contributed by atoms with Crippen molar-refractivity contribution < 1.29 is 9.63 Å². The Morgan fingerprint density at radius 3 is 2.83 bits per heavy atom. The number of oxime groups is 1. The Morgan fingerprint density at radius 1 is 1.33 bits per heavy atom. The lowest BCUT2D eigenvalue weighted by Gasteiger charge is -2.00. The van der Waals surface area contributed by atoms with Crippen molar-refractivity contribution in [3.05, 3.63) is 57.2 Å². The van der Waals surface area contributed by atoms with Gasteiger partial charge in [-0.3, -0.25) is 0 Å². The van der Waals surface area contributed by atoms with Crippen LogP contribution in [0.2, 0.25) is 5.02 Å². The van der Waals surface area contributed by atoms with Crippen molar-refractivity contribution in [3.63, 3.8) is 0 Å². The van der Waals surface area contributed by atoms with Gasteiger partial charge in [0.05, 0.1) is 16.2 Å². The van der Waals surface area contributed by atoms with Crippen LogP contribution >= 0.6 is 22.9 Å². The molecule has 2 aromatic rings. The molecule has 1 heterocycles. The van der Waals surface area contributed by atoms with Crippen molar-refractivity contribution in [2.45, 2.75) is 6.92 Å². The number of hydrogen-bond donors (Lipinski definition) is 0. The molecule has 0 saturated heterocycles. The average molecular weight is 280 g/mol. The summed E-state index contributed by atoms with van der Waals surface area (Å²) >= 11 is 7.33. The van der Waals surface area contributed by atoms with Gasteiger partial charge < -0.3 is 4.84 Å². The van der Waals surface area contributed by atoms with Crippen LogP contribution in [0, 0.1) is 0 Å². The summed E-state index contributed by atoms with van der Waals surface area (Å²) in [6.45, 7) is 1.79. The zero-order valence-electron chi connectivity index (χ0n) is 9.59. The van der Waals surface area contributed by atoms with Crippen LogP contribution in [-0.2, 0) is 4.84 Å². The molecule has 0 spiro atoms. The van der Waals surface area contributed by atoms with Gasteiger partial charge in [0, 0.05) is 5.02 Å². The van der Waals surface area contributed by atoms with Crippen LogP contribution in [0.25, 0.3) is 0 Å². The number of nitrogens with zero attached hydrogens (tertiary/aromatic N) is 1. The predicted molar refractivity (Wildman–Crippen MR) is 73.4 cm³/mol. The lowest BCUT2D eigenvalue weighted by molar-refractivity contribution is 0.0516. The van der Waals surface area contributed by atoms with E-state index in [0.717, 1.165) is 4.88 Å². The molecule has 0 fully saturated rings. The summed E-state index contributed by atoms with van der Waals surface area (Å²) in [5.41, 5.74) is 1.05. The van der Waals surface area contributed by atoms with Gasteiger partial charge in [0.1, 0.15) is 0 Å². The Bertz CT molecular complexity index is 578. The third-order valence-corrected chi connectivity index (χ3v) is 3.42. The zero-order chi connectivity index (χ0) is 13.0. The van der Waals surface area contributed by atoms with E-state index in [9.17, 15) is 4.79 Å². The molecular formula is C13H10ClNO2S. The summed E-state index contributed by atoms with van der Waals surface area (Å²) in [6.07, 6.45) is 0. The molecule has 3 nitrogen and oxygen atoms in total. The lowest BCUT2D eigenvalue weighted by atomic mass is 10.2. The van der Waals surface area contributed by atoms with E-state index in [1.807, 2.05) is 17.5 Å². The SMILES string of the molecule is C/C(=N/OC(=O)c1cccc(Cl)c1)c1cccs1. The number of rotatable bonds is 3. The molecule has 0 atom stereocenters. The number of benzene rings is 1. The van der Waals surface area contributed by atoms with Crippen LogP contribution in [0.4, 0.5) is 0 Å². The number of halogens is 1. The van der Waals surface area contributed by atoms with E-state index in [1.54, 1.807) is 31.2 Å². The van der Waals surface area contributed by atoms with Crippen LogP contribution in [0.1, 0.15) is 22.2 Å². The van der Waals surface area contributed by atoms with Gasteiger partial charge in [0.2, 0.25) is 0 Å². The Morgan fingerprint density at radius 2 is 2.17 bits per heavy atom. The molecule has 0 saturated carbocycles. The molecule has 0 aliphatic heterocycles. The zero-order valence-corrected chi connectivity index (χ0v) is 11.2. The van der Waals surface area contributed by atoms with Crippen LogP contribution in [0.15, 0.2) is 46.9 Å². The highest BCUT2D eigenvalue weighted by Gasteiger charge is 2.08. The van der Waals surface area contributed by atoms with Crippen LogP contribution in [0.3, 0.4) is 0 Å². The fraction of sp³-hybridized carbons (Fsp3) is 0.0769. The summed E-state index contributed by atoms with van der Waals surface area (Å²) in [6, 6.07) is 10.4. The van der Waals surface area contributed by atoms with Crippen molar-refractivity contribution in [3.8, 4) is 0 Å². The second-order valence-corrected chi connectivity index (χ2v) is 4.93. The van der Waals surface area contributed by atoms with Crippen molar-refractivity contribution >= 4 is 34.6 Å². The molecule has 18 heavy (non-hydrogen) atoms. The molecule has 92 valence electrons. The summed E-state index contributed by atoms with van der Waals surface area (Å²) < 4.78 is 0. The summed E-state index contributed by atoms with van der Waals surface area (Å²) in [5.74, 6) is -0.520. The smallest absolute Gasteiger partial charge is 0.313 e. The highest BCUT2D eigenvalue weighted by Crippen LogP contribution is 2.13. The van der Waals surface area contributed by atoms with Gasteiger partial charge in [-0.05, 0) is 36.6 Å². The Labute approximate surface area is 114 Å². The van der Waals surface area contributed by atoms with Crippen molar-refractivity contribution in [1.29, 1.82) is 0 Å². The first-order valence-corrected chi connectivity index (χ1v) is 6.48. The van der Waals surface area contributed by atoms with E-state index in [-0.39, 0.29) is 0 Å². The maximum Gasteiger partial charge on any atom is 0.365 e. The second-order valence-electron chi connectivity index (χ2n) is 3.54. The first-order valence-electron chi connectivity index (χ1n) is 5.22. The number of hydrogen-bond acceptors (Lipinski definition) is 4. The quantitative estimate of drug-likeness (QED) is 0.484. The summed E-state index contributed by atoms with van der Waals surface area (Å²) in [5, 5.41) is 6.23. The number of carbonyl (C=O) groups excluding carboxylic acids is 1. The third-order valence-electron chi connectivity index (χ3n) is 2.20. The van der Waals surface area contributed by atoms with Gasteiger partial charge in [-0.2, -0.15) is 0 Å². The molecule has 1 aromatic heterocycles. The molecule has 0 aliphatic rings. The fourth-order valence-electron chi connectivity index (χ4n) is 1.31. The fourth-order valence-corrected chi connectivity index (χ4v) is 2.17. The molecule has 2 rings (SSSR count). The van der Waals surface area contributed by atoms with E-state index >= 15 is 0 Å². The number of thiophene rings is 1. The van der Waals surface area contributed by atoms with Crippen LogP contribution < -0.4 is 0 Å². The number of carbonyl (C=O) groups is 1. The third kappa shape index (κ3) is 3.18. The van der Waals surface area contributed by atoms with E-state index in [1.165, 1.54) is 11.3 Å². The molecule has 0 aliphatic carbocycles. The summed E-state index contributed by atoms with van der Waals surface area (Å²) in [4.78, 5) is 17.5. The lowest BCUT2D eigenvalue weighted by Crippen LogP contribution is -2.03. The average Bonchev–Trinajstić information content (AvgIpc) is 2.89. The molecular weight excluding hydrogens is 270 g/mol. The minimum Gasteiger partial charge on any atom is -0.313 e. The van der Waals surface area contributed by atoms with Gasteiger partial charge in [0.25, 0.3) is 0 Å². The monoisotopic (exact) mass is 279 g/mol. The first kappa shape index (κ1) is 12.8. The van der Waals surface area contributed by atoms with Gasteiger partial charge in [-0.1, -0.05) is 28.9 Å². The van der Waals surface area contributed by atoms with E-state index in [0.29, 0.717) is 16.3 Å². The maximum absolute atomic E-state index is 11.7. The van der Waals surface area contributed by atoms with E-state index in [4.69, 9.17) is 16.4 Å². The highest BCUT2D eigenvalue weighted by atomic mass is 35.5. The molecule has 0 amide bonds. The molecule has 1 aromatic carbocycles. The van der Waals surface area contributed by atoms with Gasteiger partial charge >= 0.3 is 5.97 Å². The Balaban J connectivity index is 2.07. The van der Waals surface area contributed by atoms with Crippen molar-refractivity contribution in [1.82, 2.24) is 0 Å². The molecule has 0 bridgehead atoms. The normalized spacial score (nSPS) is 11.3. The molecule has 0 radical (unpaired) electrons. The Hall–Kier alpha value is -1.65. The second kappa shape index (κ2) is 5.80.